The third-order valence-electron chi connectivity index (χ3n) is 10.0. The summed E-state index contributed by atoms with van der Waals surface area (Å²) in [5.41, 5.74) is 6.45. The smallest absolute Gasteiger partial charge is 0.0156 e. The molecule has 0 amide bonds. The van der Waals surface area contributed by atoms with E-state index in [0.29, 0.717) is 11.3 Å². The van der Waals surface area contributed by atoms with Gasteiger partial charge in [-0.05, 0) is 82.4 Å². The molecule has 0 heteroatoms. The molecule has 0 spiro atoms. The number of benzene rings is 2. The van der Waals surface area contributed by atoms with Gasteiger partial charge in [0.2, 0.25) is 0 Å². The molecular formula is C30H38. The SMILES string of the molecule is CC1CC2CC3CCCCC3CC2C1C(C)(C)C1c2ccccc2-c2ccccc21. The van der Waals surface area contributed by atoms with Gasteiger partial charge in [0.25, 0.3) is 0 Å². The number of rotatable bonds is 2. The van der Waals surface area contributed by atoms with Gasteiger partial charge in [0.15, 0.2) is 0 Å². The highest BCUT2D eigenvalue weighted by molar-refractivity contribution is 5.79. The van der Waals surface area contributed by atoms with E-state index in [2.05, 4.69) is 69.3 Å². The predicted octanol–water partition coefficient (Wildman–Crippen LogP) is 8.31. The highest BCUT2D eigenvalue weighted by Crippen LogP contribution is 2.64. The van der Waals surface area contributed by atoms with E-state index in [1.165, 1.54) is 49.7 Å². The monoisotopic (exact) mass is 398 g/mol. The zero-order valence-corrected chi connectivity index (χ0v) is 19.1. The third-order valence-corrected chi connectivity index (χ3v) is 10.0. The average Bonchev–Trinajstić information content (AvgIpc) is 3.26. The van der Waals surface area contributed by atoms with Crippen molar-refractivity contribution in [3.8, 4) is 11.1 Å². The summed E-state index contributed by atoms with van der Waals surface area (Å²) in [7, 11) is 0. The van der Waals surface area contributed by atoms with Crippen molar-refractivity contribution in [3.05, 3.63) is 59.7 Å². The summed E-state index contributed by atoms with van der Waals surface area (Å²) in [6.07, 6.45) is 10.6. The zero-order valence-electron chi connectivity index (χ0n) is 19.1. The van der Waals surface area contributed by atoms with Gasteiger partial charge in [-0.2, -0.15) is 0 Å². The summed E-state index contributed by atoms with van der Waals surface area (Å²) in [6, 6.07) is 18.6. The molecule has 0 nitrogen and oxygen atoms in total. The van der Waals surface area contributed by atoms with Crippen LogP contribution < -0.4 is 0 Å². The molecule has 0 heterocycles. The van der Waals surface area contributed by atoms with Crippen LogP contribution in [-0.2, 0) is 0 Å². The Balaban J connectivity index is 1.40. The molecule has 6 atom stereocenters. The van der Waals surface area contributed by atoms with E-state index in [1.807, 2.05) is 0 Å². The summed E-state index contributed by atoms with van der Waals surface area (Å²) in [6.45, 7) is 7.86. The summed E-state index contributed by atoms with van der Waals surface area (Å²) in [5.74, 6) is 6.28. The van der Waals surface area contributed by atoms with E-state index in [4.69, 9.17) is 0 Å². The molecule has 2 aromatic rings. The van der Waals surface area contributed by atoms with Crippen LogP contribution in [0.5, 0.6) is 0 Å². The Labute approximate surface area is 183 Å². The molecule has 2 aromatic carbocycles. The van der Waals surface area contributed by atoms with Crippen LogP contribution in [0.15, 0.2) is 48.5 Å². The lowest BCUT2D eigenvalue weighted by atomic mass is 9.56. The van der Waals surface area contributed by atoms with Crippen LogP contribution in [-0.4, -0.2) is 0 Å². The molecule has 3 fully saturated rings. The van der Waals surface area contributed by atoms with Crippen molar-refractivity contribution in [1.29, 1.82) is 0 Å². The van der Waals surface area contributed by atoms with Gasteiger partial charge < -0.3 is 0 Å². The van der Waals surface area contributed by atoms with Crippen LogP contribution in [0.4, 0.5) is 0 Å². The fourth-order valence-corrected chi connectivity index (χ4v) is 9.20. The number of hydrogen-bond donors (Lipinski definition) is 0. The van der Waals surface area contributed by atoms with Crippen LogP contribution in [0, 0.1) is 40.9 Å². The van der Waals surface area contributed by atoms with Gasteiger partial charge in [-0.1, -0.05) is 95.0 Å². The van der Waals surface area contributed by atoms with Crippen LogP contribution in [0.1, 0.15) is 82.8 Å². The summed E-state index contributed by atoms with van der Waals surface area (Å²) < 4.78 is 0. The normalized spacial score (nSPS) is 35.4. The fourth-order valence-electron chi connectivity index (χ4n) is 9.20. The molecule has 158 valence electrons. The topological polar surface area (TPSA) is 0 Å². The van der Waals surface area contributed by atoms with Gasteiger partial charge in [0.1, 0.15) is 0 Å². The molecule has 6 unspecified atom stereocenters. The molecule has 6 rings (SSSR count). The summed E-state index contributed by atoms with van der Waals surface area (Å²) >= 11 is 0. The fraction of sp³-hybridized carbons (Fsp3) is 0.600. The summed E-state index contributed by atoms with van der Waals surface area (Å²) in [4.78, 5) is 0. The maximum Gasteiger partial charge on any atom is 0.0156 e. The molecule has 0 N–H and O–H groups in total. The first-order chi connectivity index (χ1) is 14.6. The van der Waals surface area contributed by atoms with Crippen molar-refractivity contribution in [2.45, 2.75) is 71.6 Å². The maximum atomic E-state index is 2.63. The Hall–Kier alpha value is -1.56. The van der Waals surface area contributed by atoms with E-state index in [0.717, 1.165) is 35.5 Å². The van der Waals surface area contributed by atoms with Gasteiger partial charge in [-0.15, -0.1) is 0 Å². The minimum Gasteiger partial charge on any atom is -0.0622 e. The third kappa shape index (κ3) is 2.71. The molecule has 0 aliphatic heterocycles. The van der Waals surface area contributed by atoms with Crippen molar-refractivity contribution in [3.63, 3.8) is 0 Å². The lowest BCUT2D eigenvalue weighted by Gasteiger charge is -2.48. The molecule has 0 aromatic heterocycles. The first kappa shape index (κ1) is 19.1. The second-order valence-corrected chi connectivity index (χ2v) is 11.9. The predicted molar refractivity (Wildman–Crippen MR) is 126 cm³/mol. The van der Waals surface area contributed by atoms with Gasteiger partial charge in [0, 0.05) is 5.92 Å². The summed E-state index contributed by atoms with van der Waals surface area (Å²) in [5, 5.41) is 0. The van der Waals surface area contributed by atoms with Crippen molar-refractivity contribution >= 4 is 0 Å². The lowest BCUT2D eigenvalue weighted by molar-refractivity contribution is 0.0296. The number of hydrogen-bond acceptors (Lipinski definition) is 0. The molecule has 30 heavy (non-hydrogen) atoms. The molecule has 4 aliphatic carbocycles. The van der Waals surface area contributed by atoms with Gasteiger partial charge >= 0.3 is 0 Å². The van der Waals surface area contributed by atoms with Gasteiger partial charge in [-0.3, -0.25) is 0 Å². The van der Waals surface area contributed by atoms with E-state index in [-0.39, 0.29) is 0 Å². The Bertz CT molecular complexity index is 891. The zero-order chi connectivity index (χ0) is 20.5. The number of fused-ring (bicyclic) bond motifs is 5. The molecular weight excluding hydrogens is 360 g/mol. The van der Waals surface area contributed by atoms with Crippen LogP contribution >= 0.6 is 0 Å². The van der Waals surface area contributed by atoms with Crippen molar-refractivity contribution < 1.29 is 0 Å². The molecule has 3 saturated carbocycles. The van der Waals surface area contributed by atoms with Crippen molar-refractivity contribution in [2.24, 2.45) is 40.9 Å². The van der Waals surface area contributed by atoms with Gasteiger partial charge in [0.05, 0.1) is 0 Å². The van der Waals surface area contributed by atoms with Gasteiger partial charge in [-0.25, -0.2) is 0 Å². The Morgan fingerprint density at radius 1 is 0.700 bits per heavy atom. The first-order valence-electron chi connectivity index (χ1n) is 12.7. The lowest BCUT2D eigenvalue weighted by Crippen LogP contribution is -2.40. The molecule has 0 bridgehead atoms. The molecule has 0 radical (unpaired) electrons. The quantitative estimate of drug-likeness (QED) is 0.477. The Morgan fingerprint density at radius 2 is 1.27 bits per heavy atom. The van der Waals surface area contributed by atoms with Crippen LogP contribution in [0.3, 0.4) is 0 Å². The minimum absolute atomic E-state index is 0.295. The van der Waals surface area contributed by atoms with Crippen molar-refractivity contribution in [2.75, 3.05) is 0 Å². The minimum atomic E-state index is 0.295. The van der Waals surface area contributed by atoms with Crippen molar-refractivity contribution in [1.82, 2.24) is 0 Å². The van der Waals surface area contributed by atoms with E-state index in [9.17, 15) is 0 Å². The van der Waals surface area contributed by atoms with E-state index < -0.39 is 0 Å². The van der Waals surface area contributed by atoms with E-state index in [1.54, 1.807) is 17.5 Å². The standard InChI is InChI=1S/C30H38/c1-19-16-22-17-20-10-4-5-11-21(20)18-27(22)28(19)30(2,3)29-25-14-8-6-12-23(25)24-13-7-9-15-26(24)29/h6-9,12-15,19-22,27-29H,4-5,10-11,16-18H2,1-3H3. The molecule has 0 saturated heterocycles. The van der Waals surface area contributed by atoms with Crippen LogP contribution in [0.25, 0.3) is 11.1 Å². The highest BCUT2D eigenvalue weighted by atomic mass is 14.6. The first-order valence-corrected chi connectivity index (χ1v) is 12.7. The van der Waals surface area contributed by atoms with Crippen LogP contribution in [0.2, 0.25) is 0 Å². The Morgan fingerprint density at radius 3 is 1.90 bits per heavy atom. The highest BCUT2D eigenvalue weighted by Gasteiger charge is 2.55. The van der Waals surface area contributed by atoms with E-state index >= 15 is 0 Å². The average molecular weight is 399 g/mol. The molecule has 4 aliphatic rings. The largest absolute Gasteiger partial charge is 0.0622 e. The second-order valence-electron chi connectivity index (χ2n) is 11.9. The maximum absolute atomic E-state index is 2.63. The second kappa shape index (κ2) is 6.98. The Kier molecular flexibility index (Phi) is 4.45.